The van der Waals surface area contributed by atoms with Gasteiger partial charge in [-0.05, 0) is 37.0 Å². The molecule has 0 fully saturated rings. The molecule has 1 atom stereocenters. The zero-order chi connectivity index (χ0) is 19.0. The highest BCUT2D eigenvalue weighted by Crippen LogP contribution is 2.34. The maximum atomic E-state index is 12.6. The van der Waals surface area contributed by atoms with Gasteiger partial charge in [0.1, 0.15) is 5.69 Å². The second-order valence-corrected chi connectivity index (χ2v) is 6.28. The van der Waals surface area contributed by atoms with Gasteiger partial charge in [-0.15, -0.1) is 0 Å². The van der Waals surface area contributed by atoms with Gasteiger partial charge in [0.2, 0.25) is 5.82 Å². The Morgan fingerprint density at radius 1 is 1.30 bits per heavy atom. The average Bonchev–Trinajstić information content (AvgIpc) is 3.29. The zero-order valence-electron chi connectivity index (χ0n) is 14.3. The number of aryl methyl sites for hydroxylation is 2. The number of rotatable bonds is 4. The van der Waals surface area contributed by atoms with Crippen LogP contribution in [0.1, 0.15) is 52.1 Å². The molecule has 1 aromatic carbocycles. The van der Waals surface area contributed by atoms with Crippen LogP contribution in [0.4, 0.5) is 8.78 Å². The second kappa shape index (κ2) is 6.82. The number of fused-ring (bicyclic) bond motifs is 1. The number of aromatic nitrogens is 4. The van der Waals surface area contributed by atoms with Crippen LogP contribution in [-0.4, -0.2) is 26.0 Å². The van der Waals surface area contributed by atoms with Crippen molar-refractivity contribution in [3.8, 4) is 11.4 Å². The van der Waals surface area contributed by atoms with Crippen LogP contribution >= 0.6 is 0 Å². The van der Waals surface area contributed by atoms with Gasteiger partial charge < -0.3 is 9.84 Å². The van der Waals surface area contributed by atoms with Crippen LogP contribution in [0.25, 0.3) is 11.4 Å². The molecule has 7 nitrogen and oxygen atoms in total. The molecule has 138 valence electrons. The molecule has 3 aromatic rings. The summed E-state index contributed by atoms with van der Waals surface area (Å²) in [5.41, 5.74) is 3.52. The monoisotopic (exact) mass is 371 g/mol. The maximum absolute atomic E-state index is 12.6. The molecule has 2 aromatic heterocycles. The number of hydrogen-bond donors (Lipinski definition) is 1. The second-order valence-electron chi connectivity index (χ2n) is 6.28. The van der Waals surface area contributed by atoms with E-state index in [0.29, 0.717) is 11.3 Å². The van der Waals surface area contributed by atoms with Crippen molar-refractivity contribution in [1.82, 2.24) is 25.4 Å². The van der Waals surface area contributed by atoms with Gasteiger partial charge >= 0.3 is 6.43 Å². The Labute approximate surface area is 152 Å². The summed E-state index contributed by atoms with van der Waals surface area (Å²) in [4.78, 5) is 24.3. The van der Waals surface area contributed by atoms with Gasteiger partial charge in [-0.3, -0.25) is 9.78 Å². The highest BCUT2D eigenvalue weighted by molar-refractivity contribution is 5.92. The Morgan fingerprint density at radius 2 is 2.15 bits per heavy atom. The van der Waals surface area contributed by atoms with Gasteiger partial charge in [0.25, 0.3) is 11.8 Å². The van der Waals surface area contributed by atoms with Gasteiger partial charge in [0.15, 0.2) is 0 Å². The molecule has 1 aliphatic carbocycles. The van der Waals surface area contributed by atoms with E-state index in [1.807, 2.05) is 12.1 Å². The number of alkyl halides is 2. The molecule has 1 unspecified atom stereocenters. The van der Waals surface area contributed by atoms with E-state index in [4.69, 9.17) is 0 Å². The van der Waals surface area contributed by atoms with Crippen molar-refractivity contribution in [2.45, 2.75) is 32.2 Å². The molecular weight excluding hydrogens is 356 g/mol. The highest BCUT2D eigenvalue weighted by atomic mass is 19.3. The van der Waals surface area contributed by atoms with E-state index in [1.165, 1.54) is 6.20 Å². The molecule has 27 heavy (non-hydrogen) atoms. The highest BCUT2D eigenvalue weighted by Gasteiger charge is 2.26. The summed E-state index contributed by atoms with van der Waals surface area (Å²) >= 11 is 0. The Morgan fingerprint density at radius 3 is 2.89 bits per heavy atom. The summed E-state index contributed by atoms with van der Waals surface area (Å²) < 4.78 is 29.8. The molecule has 9 heteroatoms. The molecule has 1 aliphatic rings. The number of carbonyl (C=O) groups is 1. The Hall–Kier alpha value is -3.23. The topological polar surface area (TPSA) is 93.8 Å². The molecule has 0 saturated heterocycles. The molecule has 0 saturated carbocycles. The normalized spacial score (nSPS) is 15.8. The quantitative estimate of drug-likeness (QED) is 0.757. The largest absolute Gasteiger partial charge is 0.344 e. The number of nitrogens with zero attached hydrogens (tertiary/aromatic N) is 4. The van der Waals surface area contributed by atoms with Crippen molar-refractivity contribution in [3.05, 3.63) is 59.0 Å². The molecular formula is C18H15F2N5O2. The van der Waals surface area contributed by atoms with Crippen LogP contribution in [-0.2, 0) is 6.42 Å². The number of amides is 1. The van der Waals surface area contributed by atoms with E-state index in [2.05, 4.69) is 29.9 Å². The molecule has 0 spiro atoms. The van der Waals surface area contributed by atoms with Crippen LogP contribution < -0.4 is 5.32 Å². The third kappa shape index (κ3) is 3.40. The number of nitrogens with one attached hydrogen (secondary N) is 1. The summed E-state index contributed by atoms with van der Waals surface area (Å²) in [5.74, 6) is -0.863. The maximum Gasteiger partial charge on any atom is 0.315 e. The SMILES string of the molecule is Cc1cncc(C(=O)NC2CCc3cc(-c4noc(C(F)F)n4)ccc32)n1. The molecule has 1 amide bonds. The third-order valence-electron chi connectivity index (χ3n) is 4.40. The minimum absolute atomic E-state index is 0.121. The van der Waals surface area contributed by atoms with Crippen molar-refractivity contribution in [3.63, 3.8) is 0 Å². The van der Waals surface area contributed by atoms with Crippen molar-refractivity contribution >= 4 is 5.91 Å². The van der Waals surface area contributed by atoms with Crippen LogP contribution in [0.15, 0.2) is 35.1 Å². The predicted octanol–water partition coefficient (Wildman–Crippen LogP) is 3.19. The smallest absolute Gasteiger partial charge is 0.315 e. The van der Waals surface area contributed by atoms with E-state index < -0.39 is 12.3 Å². The fourth-order valence-corrected chi connectivity index (χ4v) is 3.15. The first-order chi connectivity index (χ1) is 13.0. The summed E-state index contributed by atoms with van der Waals surface area (Å²) in [7, 11) is 0. The Balaban J connectivity index is 1.53. The Bertz CT molecular complexity index is 1000. The number of carbonyl (C=O) groups excluding carboxylic acids is 1. The van der Waals surface area contributed by atoms with Gasteiger partial charge in [-0.2, -0.15) is 13.8 Å². The van der Waals surface area contributed by atoms with Gasteiger partial charge in [0.05, 0.1) is 17.9 Å². The fraction of sp³-hybridized carbons (Fsp3) is 0.278. The van der Waals surface area contributed by atoms with Gasteiger partial charge in [0, 0.05) is 11.8 Å². The van der Waals surface area contributed by atoms with E-state index in [-0.39, 0.29) is 23.5 Å². The van der Waals surface area contributed by atoms with Gasteiger partial charge in [-0.25, -0.2) is 4.98 Å². The lowest BCUT2D eigenvalue weighted by molar-refractivity contribution is 0.0931. The van der Waals surface area contributed by atoms with Crippen molar-refractivity contribution in [2.75, 3.05) is 0 Å². The van der Waals surface area contributed by atoms with Crippen LogP contribution in [0, 0.1) is 6.92 Å². The van der Waals surface area contributed by atoms with Crippen LogP contribution in [0.3, 0.4) is 0 Å². The average molecular weight is 371 g/mol. The number of hydrogen-bond acceptors (Lipinski definition) is 6. The van der Waals surface area contributed by atoms with Crippen molar-refractivity contribution in [2.24, 2.45) is 0 Å². The summed E-state index contributed by atoms with van der Waals surface area (Å²) in [6.07, 6.45) is 1.69. The molecule has 1 N–H and O–H groups in total. The molecule has 0 radical (unpaired) electrons. The molecule has 0 aliphatic heterocycles. The summed E-state index contributed by atoms with van der Waals surface area (Å²) in [6, 6.07) is 5.28. The minimum atomic E-state index is -2.80. The van der Waals surface area contributed by atoms with E-state index in [1.54, 1.807) is 19.2 Å². The fourth-order valence-electron chi connectivity index (χ4n) is 3.15. The minimum Gasteiger partial charge on any atom is -0.344 e. The lowest BCUT2D eigenvalue weighted by atomic mass is 10.0. The summed E-state index contributed by atoms with van der Waals surface area (Å²) in [6.45, 7) is 1.77. The summed E-state index contributed by atoms with van der Waals surface area (Å²) in [5, 5.41) is 6.56. The standard InChI is InChI=1S/C18H15F2N5O2/c1-9-7-21-8-14(22-9)17(26)23-13-5-3-10-6-11(2-4-12(10)13)16-24-18(15(19)20)27-25-16/h2,4,6-8,13,15H,3,5H2,1H3,(H,23,26). The third-order valence-corrected chi connectivity index (χ3v) is 4.40. The van der Waals surface area contributed by atoms with E-state index in [9.17, 15) is 13.6 Å². The van der Waals surface area contributed by atoms with E-state index >= 15 is 0 Å². The number of halogens is 2. The Kier molecular flexibility index (Phi) is 4.35. The first-order valence-electron chi connectivity index (χ1n) is 8.35. The van der Waals surface area contributed by atoms with E-state index in [0.717, 1.165) is 24.0 Å². The predicted molar refractivity (Wildman–Crippen MR) is 90.0 cm³/mol. The molecule has 4 rings (SSSR count). The van der Waals surface area contributed by atoms with Crippen LogP contribution in [0.2, 0.25) is 0 Å². The van der Waals surface area contributed by atoms with Gasteiger partial charge in [-0.1, -0.05) is 17.3 Å². The lowest BCUT2D eigenvalue weighted by Gasteiger charge is -2.14. The lowest BCUT2D eigenvalue weighted by Crippen LogP contribution is -2.28. The molecule has 2 heterocycles. The first kappa shape index (κ1) is 17.2. The van der Waals surface area contributed by atoms with Crippen molar-refractivity contribution in [1.29, 1.82) is 0 Å². The number of benzene rings is 1. The zero-order valence-corrected chi connectivity index (χ0v) is 14.3. The molecule has 0 bridgehead atoms. The first-order valence-corrected chi connectivity index (χ1v) is 8.35. The van der Waals surface area contributed by atoms with Crippen molar-refractivity contribution < 1.29 is 18.1 Å². The van der Waals surface area contributed by atoms with Crippen LogP contribution in [0.5, 0.6) is 0 Å².